The minimum atomic E-state index is -0.938. The number of methoxy groups -OCH3 is 1. The van der Waals surface area contributed by atoms with Crippen molar-refractivity contribution in [3.05, 3.63) is 35.1 Å². The molecule has 0 unspecified atom stereocenters. The van der Waals surface area contributed by atoms with Gasteiger partial charge in [-0.1, -0.05) is 11.6 Å². The molecule has 1 fully saturated rings. The number of rotatable bonds is 3. The highest BCUT2D eigenvalue weighted by Gasteiger charge is 2.41. The first-order valence-electron chi connectivity index (χ1n) is 6.03. The smallest absolute Gasteiger partial charge is 0.197 e. The monoisotopic (exact) mass is 252 g/mol. The zero-order chi connectivity index (χ0) is 13.2. The molecule has 1 aromatic carbocycles. The molecule has 1 aliphatic rings. The van der Waals surface area contributed by atoms with Crippen LogP contribution in [0.2, 0.25) is 0 Å². The summed E-state index contributed by atoms with van der Waals surface area (Å²) in [5, 5.41) is 0. The molecule has 3 nitrogen and oxygen atoms in total. The zero-order valence-corrected chi connectivity index (χ0v) is 10.7. The molecule has 1 aliphatic heterocycles. The standard InChI is InChI=1S/C14H17FO3/c1-10-3-4-12(15)11(9-10)13(16)14(17-2)5-7-18-8-6-14/h3-4,9H,5-8H2,1-2H3. The molecule has 1 heterocycles. The van der Waals surface area contributed by atoms with Gasteiger partial charge in [0.2, 0.25) is 0 Å². The predicted molar refractivity (Wildman–Crippen MR) is 65.3 cm³/mol. The molecule has 1 aromatic rings. The Morgan fingerprint density at radius 3 is 2.67 bits per heavy atom. The Morgan fingerprint density at radius 1 is 1.39 bits per heavy atom. The van der Waals surface area contributed by atoms with Gasteiger partial charge < -0.3 is 9.47 Å². The molecule has 0 aromatic heterocycles. The molecule has 0 radical (unpaired) electrons. The number of ketones is 1. The summed E-state index contributed by atoms with van der Waals surface area (Å²) in [6.07, 6.45) is 0.936. The van der Waals surface area contributed by atoms with Crippen LogP contribution in [-0.2, 0) is 9.47 Å². The van der Waals surface area contributed by atoms with Crippen LogP contribution in [0.15, 0.2) is 18.2 Å². The molecule has 2 rings (SSSR count). The molecule has 0 amide bonds. The van der Waals surface area contributed by atoms with Gasteiger partial charge in [-0.3, -0.25) is 4.79 Å². The van der Waals surface area contributed by atoms with E-state index in [0.29, 0.717) is 26.1 Å². The normalized spacial score (nSPS) is 18.6. The Hall–Kier alpha value is -1.26. The Bertz CT molecular complexity index is 450. The summed E-state index contributed by atoms with van der Waals surface area (Å²) in [6, 6.07) is 4.55. The van der Waals surface area contributed by atoms with Gasteiger partial charge in [0.1, 0.15) is 11.4 Å². The molecule has 0 saturated carbocycles. The first-order chi connectivity index (χ1) is 8.59. The third-order valence-electron chi connectivity index (χ3n) is 3.47. The van der Waals surface area contributed by atoms with E-state index >= 15 is 0 Å². The van der Waals surface area contributed by atoms with Crippen LogP contribution in [0, 0.1) is 12.7 Å². The largest absolute Gasteiger partial charge is 0.381 e. The van der Waals surface area contributed by atoms with Crippen LogP contribution in [0.25, 0.3) is 0 Å². The third-order valence-corrected chi connectivity index (χ3v) is 3.47. The van der Waals surface area contributed by atoms with Gasteiger partial charge in [0.15, 0.2) is 5.78 Å². The number of hydrogen-bond acceptors (Lipinski definition) is 3. The van der Waals surface area contributed by atoms with E-state index in [4.69, 9.17) is 9.47 Å². The summed E-state index contributed by atoms with van der Waals surface area (Å²) < 4.78 is 24.4. The van der Waals surface area contributed by atoms with Crippen molar-refractivity contribution in [3.63, 3.8) is 0 Å². The highest BCUT2D eigenvalue weighted by Crippen LogP contribution is 2.29. The Balaban J connectivity index is 2.36. The molecule has 18 heavy (non-hydrogen) atoms. The third kappa shape index (κ3) is 2.31. The minimum absolute atomic E-state index is 0.110. The minimum Gasteiger partial charge on any atom is -0.381 e. The summed E-state index contributed by atoms with van der Waals surface area (Å²) >= 11 is 0. The van der Waals surface area contributed by atoms with E-state index < -0.39 is 11.4 Å². The average Bonchev–Trinajstić information content (AvgIpc) is 2.41. The Morgan fingerprint density at radius 2 is 2.06 bits per heavy atom. The van der Waals surface area contributed by atoms with Crippen molar-refractivity contribution in [2.24, 2.45) is 0 Å². The molecule has 0 atom stereocenters. The maximum Gasteiger partial charge on any atom is 0.197 e. The molecule has 0 aliphatic carbocycles. The van der Waals surface area contributed by atoms with Crippen molar-refractivity contribution in [3.8, 4) is 0 Å². The van der Waals surface area contributed by atoms with Gasteiger partial charge in [0, 0.05) is 33.2 Å². The first-order valence-corrected chi connectivity index (χ1v) is 6.03. The van der Waals surface area contributed by atoms with Crippen LogP contribution in [0.4, 0.5) is 4.39 Å². The van der Waals surface area contributed by atoms with E-state index in [9.17, 15) is 9.18 Å². The number of halogens is 1. The van der Waals surface area contributed by atoms with Crippen LogP contribution in [-0.4, -0.2) is 31.7 Å². The fraction of sp³-hybridized carbons (Fsp3) is 0.500. The van der Waals surface area contributed by atoms with E-state index in [2.05, 4.69) is 0 Å². The molecular formula is C14H17FO3. The Kier molecular flexibility index (Phi) is 3.78. The summed E-state index contributed by atoms with van der Waals surface area (Å²) in [5.74, 6) is -0.775. The lowest BCUT2D eigenvalue weighted by molar-refractivity contribution is -0.0664. The van der Waals surface area contributed by atoms with Crippen molar-refractivity contribution in [2.75, 3.05) is 20.3 Å². The van der Waals surface area contributed by atoms with Crippen LogP contribution in [0.3, 0.4) is 0 Å². The molecule has 0 bridgehead atoms. The summed E-state index contributed by atoms with van der Waals surface area (Å²) in [7, 11) is 1.50. The zero-order valence-electron chi connectivity index (χ0n) is 10.7. The van der Waals surface area contributed by atoms with Crippen LogP contribution in [0.1, 0.15) is 28.8 Å². The lowest BCUT2D eigenvalue weighted by atomic mass is 9.85. The van der Waals surface area contributed by atoms with E-state index in [1.165, 1.54) is 13.2 Å². The second kappa shape index (κ2) is 5.16. The molecular weight excluding hydrogens is 235 g/mol. The fourth-order valence-corrected chi connectivity index (χ4v) is 2.28. The van der Waals surface area contributed by atoms with Gasteiger partial charge in [-0.25, -0.2) is 4.39 Å². The number of aryl methyl sites for hydroxylation is 1. The summed E-state index contributed by atoms with van der Waals surface area (Å²) in [4.78, 5) is 12.5. The van der Waals surface area contributed by atoms with Gasteiger partial charge in [0.25, 0.3) is 0 Å². The topological polar surface area (TPSA) is 35.5 Å². The van der Waals surface area contributed by atoms with Crippen molar-refractivity contribution >= 4 is 5.78 Å². The number of carbonyl (C=O) groups is 1. The van der Waals surface area contributed by atoms with Gasteiger partial charge in [-0.2, -0.15) is 0 Å². The van der Waals surface area contributed by atoms with Crippen molar-refractivity contribution in [1.82, 2.24) is 0 Å². The van der Waals surface area contributed by atoms with E-state index in [1.54, 1.807) is 12.1 Å². The summed E-state index contributed by atoms with van der Waals surface area (Å²) in [5.41, 5.74) is 0.0317. The maximum absolute atomic E-state index is 13.8. The molecule has 4 heteroatoms. The Labute approximate surface area is 106 Å². The van der Waals surface area contributed by atoms with Crippen molar-refractivity contribution in [2.45, 2.75) is 25.4 Å². The van der Waals surface area contributed by atoms with Gasteiger partial charge in [0.05, 0.1) is 5.56 Å². The molecule has 1 saturated heterocycles. The van der Waals surface area contributed by atoms with E-state index in [0.717, 1.165) is 5.56 Å². The van der Waals surface area contributed by atoms with E-state index in [-0.39, 0.29) is 11.3 Å². The van der Waals surface area contributed by atoms with Crippen LogP contribution >= 0.6 is 0 Å². The van der Waals surface area contributed by atoms with E-state index in [1.807, 2.05) is 6.92 Å². The first kappa shape index (κ1) is 13.2. The highest BCUT2D eigenvalue weighted by molar-refractivity contribution is 6.03. The highest BCUT2D eigenvalue weighted by atomic mass is 19.1. The predicted octanol–water partition coefficient (Wildman–Crippen LogP) is 2.51. The molecule has 0 spiro atoms. The quantitative estimate of drug-likeness (QED) is 0.775. The van der Waals surface area contributed by atoms with Gasteiger partial charge >= 0.3 is 0 Å². The van der Waals surface area contributed by atoms with Gasteiger partial charge in [-0.15, -0.1) is 0 Å². The average molecular weight is 252 g/mol. The number of ether oxygens (including phenoxy) is 2. The van der Waals surface area contributed by atoms with Crippen molar-refractivity contribution in [1.29, 1.82) is 0 Å². The number of Topliss-reactive ketones (excluding diaryl/α,β-unsaturated/α-hetero) is 1. The second-order valence-electron chi connectivity index (χ2n) is 4.62. The lowest BCUT2D eigenvalue weighted by Gasteiger charge is -2.34. The fourth-order valence-electron chi connectivity index (χ4n) is 2.28. The molecule has 98 valence electrons. The SMILES string of the molecule is COC1(C(=O)c2cc(C)ccc2F)CCOCC1. The van der Waals surface area contributed by atoms with Crippen LogP contribution < -0.4 is 0 Å². The molecule has 0 N–H and O–H groups in total. The van der Waals surface area contributed by atoms with Crippen LogP contribution in [0.5, 0.6) is 0 Å². The van der Waals surface area contributed by atoms with Crippen molar-refractivity contribution < 1.29 is 18.7 Å². The lowest BCUT2D eigenvalue weighted by Crippen LogP contribution is -2.46. The maximum atomic E-state index is 13.8. The van der Waals surface area contributed by atoms with Gasteiger partial charge in [-0.05, 0) is 19.1 Å². The second-order valence-corrected chi connectivity index (χ2v) is 4.62. The number of carbonyl (C=O) groups excluding carboxylic acids is 1. The number of benzene rings is 1. The number of hydrogen-bond donors (Lipinski definition) is 0. The summed E-state index contributed by atoms with van der Waals surface area (Å²) in [6.45, 7) is 2.76.